The Morgan fingerprint density at radius 2 is 2.24 bits per heavy atom. The molecule has 2 rings (SSSR count). The minimum atomic E-state index is 0.400. The van der Waals surface area contributed by atoms with E-state index in [4.69, 9.17) is 0 Å². The molecule has 1 aliphatic rings. The number of hydrogen-bond donors (Lipinski definition) is 0. The maximum Gasteiger partial charge on any atom is 0.171 e. The van der Waals surface area contributed by atoms with Crippen molar-refractivity contribution in [2.24, 2.45) is 0 Å². The van der Waals surface area contributed by atoms with Crippen molar-refractivity contribution in [3.8, 4) is 0 Å². The highest BCUT2D eigenvalue weighted by atomic mass is 16.1. The molecule has 1 unspecified atom stereocenters. The molecular formula is C12H20N4O. The average molecular weight is 236 g/mol. The molecule has 0 saturated carbocycles. The molecule has 94 valence electrons. The summed E-state index contributed by atoms with van der Waals surface area (Å²) in [5.74, 6) is 0. The Morgan fingerprint density at radius 3 is 2.76 bits per heavy atom. The number of piperidine rings is 1. The van der Waals surface area contributed by atoms with E-state index in [-0.39, 0.29) is 0 Å². The SMILES string of the molecule is CCC(C)N1CCC(n2cc(C=O)nn2)CC1. The molecule has 1 aliphatic heterocycles. The van der Waals surface area contributed by atoms with Crippen LogP contribution in [0.4, 0.5) is 0 Å². The highest BCUT2D eigenvalue weighted by molar-refractivity contribution is 5.70. The Hall–Kier alpha value is -1.23. The van der Waals surface area contributed by atoms with E-state index in [1.54, 1.807) is 6.20 Å². The lowest BCUT2D eigenvalue weighted by molar-refractivity contribution is 0.111. The summed E-state index contributed by atoms with van der Waals surface area (Å²) in [6.07, 6.45) is 5.87. The topological polar surface area (TPSA) is 51.0 Å². The zero-order valence-electron chi connectivity index (χ0n) is 10.5. The van der Waals surface area contributed by atoms with Gasteiger partial charge in [-0.25, -0.2) is 4.68 Å². The van der Waals surface area contributed by atoms with Crippen LogP contribution in [0, 0.1) is 0 Å². The molecule has 0 spiro atoms. The molecule has 1 aromatic rings. The normalized spacial score (nSPS) is 20.4. The maximum absolute atomic E-state index is 10.6. The van der Waals surface area contributed by atoms with Crippen LogP contribution in [0.1, 0.15) is 49.6 Å². The summed E-state index contributed by atoms with van der Waals surface area (Å²) in [5.41, 5.74) is 0.425. The number of carbonyl (C=O) groups is 1. The molecule has 5 heteroatoms. The first kappa shape index (κ1) is 12.2. The second-order valence-electron chi connectivity index (χ2n) is 4.77. The standard InChI is InChI=1S/C12H20N4O/c1-3-10(2)15-6-4-12(5-7-15)16-8-11(9-17)13-14-16/h8-10,12H,3-7H2,1-2H3. The first-order valence-corrected chi connectivity index (χ1v) is 6.35. The lowest BCUT2D eigenvalue weighted by Gasteiger charge is -2.35. The number of aromatic nitrogens is 3. The highest BCUT2D eigenvalue weighted by Crippen LogP contribution is 2.23. The van der Waals surface area contributed by atoms with Gasteiger partial charge in [-0.15, -0.1) is 5.10 Å². The van der Waals surface area contributed by atoms with Crippen molar-refractivity contribution < 1.29 is 4.79 Å². The van der Waals surface area contributed by atoms with Crippen LogP contribution in [0.15, 0.2) is 6.20 Å². The van der Waals surface area contributed by atoms with Gasteiger partial charge in [0, 0.05) is 19.1 Å². The van der Waals surface area contributed by atoms with Crippen LogP contribution in [-0.4, -0.2) is 45.3 Å². The second-order valence-corrected chi connectivity index (χ2v) is 4.77. The zero-order chi connectivity index (χ0) is 12.3. The predicted molar refractivity (Wildman–Crippen MR) is 65.0 cm³/mol. The van der Waals surface area contributed by atoms with Crippen molar-refractivity contribution in [3.05, 3.63) is 11.9 Å². The summed E-state index contributed by atoms with van der Waals surface area (Å²) in [6, 6.07) is 1.06. The van der Waals surface area contributed by atoms with Gasteiger partial charge in [-0.3, -0.25) is 4.79 Å². The third-order valence-electron chi connectivity index (χ3n) is 3.74. The molecule has 0 N–H and O–H groups in total. The molecule has 1 fully saturated rings. The summed E-state index contributed by atoms with van der Waals surface area (Å²) in [5, 5.41) is 7.83. The fourth-order valence-corrected chi connectivity index (χ4v) is 2.37. The van der Waals surface area contributed by atoms with Gasteiger partial charge in [0.15, 0.2) is 6.29 Å². The van der Waals surface area contributed by atoms with E-state index in [2.05, 4.69) is 29.1 Å². The van der Waals surface area contributed by atoms with Gasteiger partial charge >= 0.3 is 0 Å². The van der Waals surface area contributed by atoms with E-state index in [0.29, 0.717) is 17.8 Å². The van der Waals surface area contributed by atoms with Gasteiger partial charge in [0.2, 0.25) is 0 Å². The minimum absolute atomic E-state index is 0.400. The van der Waals surface area contributed by atoms with Crippen LogP contribution in [0.3, 0.4) is 0 Å². The van der Waals surface area contributed by atoms with Gasteiger partial charge in [0.05, 0.1) is 12.2 Å². The number of likely N-dealkylation sites (tertiary alicyclic amines) is 1. The number of aldehydes is 1. The molecule has 17 heavy (non-hydrogen) atoms. The van der Waals surface area contributed by atoms with Crippen molar-refractivity contribution in [2.45, 2.75) is 45.2 Å². The molecule has 0 bridgehead atoms. The number of hydrogen-bond acceptors (Lipinski definition) is 4. The van der Waals surface area contributed by atoms with Crippen LogP contribution >= 0.6 is 0 Å². The quantitative estimate of drug-likeness (QED) is 0.744. The van der Waals surface area contributed by atoms with Gasteiger partial charge in [-0.05, 0) is 26.2 Å². The third kappa shape index (κ3) is 2.72. The van der Waals surface area contributed by atoms with Crippen LogP contribution in [0.2, 0.25) is 0 Å². The van der Waals surface area contributed by atoms with Crippen molar-refractivity contribution in [3.63, 3.8) is 0 Å². The lowest BCUT2D eigenvalue weighted by atomic mass is 10.0. The summed E-state index contributed by atoms with van der Waals surface area (Å²) in [6.45, 7) is 6.72. The fourth-order valence-electron chi connectivity index (χ4n) is 2.37. The molecule has 0 aliphatic carbocycles. The highest BCUT2D eigenvalue weighted by Gasteiger charge is 2.23. The van der Waals surface area contributed by atoms with Gasteiger partial charge in [0.1, 0.15) is 5.69 Å². The van der Waals surface area contributed by atoms with E-state index in [1.165, 1.54) is 6.42 Å². The van der Waals surface area contributed by atoms with Crippen LogP contribution in [0.25, 0.3) is 0 Å². The predicted octanol–water partition coefficient (Wildman–Crippen LogP) is 1.53. The molecule has 1 atom stereocenters. The number of carbonyl (C=O) groups excluding carboxylic acids is 1. The maximum atomic E-state index is 10.6. The Morgan fingerprint density at radius 1 is 1.53 bits per heavy atom. The van der Waals surface area contributed by atoms with Crippen molar-refractivity contribution in [2.75, 3.05) is 13.1 Å². The van der Waals surface area contributed by atoms with Crippen LogP contribution < -0.4 is 0 Å². The summed E-state index contributed by atoms with van der Waals surface area (Å²) >= 11 is 0. The van der Waals surface area contributed by atoms with Crippen molar-refractivity contribution in [1.82, 2.24) is 19.9 Å². The van der Waals surface area contributed by atoms with Crippen LogP contribution in [-0.2, 0) is 0 Å². The summed E-state index contributed by atoms with van der Waals surface area (Å²) < 4.78 is 1.84. The molecule has 2 heterocycles. The monoisotopic (exact) mass is 236 g/mol. The Kier molecular flexibility index (Phi) is 3.89. The average Bonchev–Trinajstić information content (AvgIpc) is 2.87. The van der Waals surface area contributed by atoms with Crippen molar-refractivity contribution in [1.29, 1.82) is 0 Å². The van der Waals surface area contributed by atoms with E-state index >= 15 is 0 Å². The molecule has 5 nitrogen and oxygen atoms in total. The largest absolute Gasteiger partial charge is 0.301 e. The number of rotatable bonds is 4. The van der Waals surface area contributed by atoms with E-state index in [9.17, 15) is 4.79 Å². The Labute approximate surface area is 102 Å². The second kappa shape index (κ2) is 5.40. The fraction of sp³-hybridized carbons (Fsp3) is 0.750. The first-order valence-electron chi connectivity index (χ1n) is 6.35. The van der Waals surface area contributed by atoms with Gasteiger partial charge < -0.3 is 4.90 Å². The van der Waals surface area contributed by atoms with Gasteiger partial charge in [0.25, 0.3) is 0 Å². The van der Waals surface area contributed by atoms with E-state index in [1.807, 2.05) is 4.68 Å². The van der Waals surface area contributed by atoms with Crippen molar-refractivity contribution >= 4 is 6.29 Å². The molecule has 0 radical (unpaired) electrons. The third-order valence-corrected chi connectivity index (χ3v) is 3.74. The molecule has 1 aromatic heterocycles. The first-order chi connectivity index (χ1) is 8.24. The zero-order valence-corrected chi connectivity index (χ0v) is 10.5. The molecule has 1 saturated heterocycles. The summed E-state index contributed by atoms with van der Waals surface area (Å²) in [7, 11) is 0. The smallest absolute Gasteiger partial charge is 0.171 e. The van der Waals surface area contributed by atoms with Gasteiger partial charge in [-0.1, -0.05) is 12.1 Å². The molecule has 0 aromatic carbocycles. The Balaban J connectivity index is 1.92. The van der Waals surface area contributed by atoms with E-state index < -0.39 is 0 Å². The van der Waals surface area contributed by atoms with E-state index in [0.717, 1.165) is 32.2 Å². The lowest BCUT2D eigenvalue weighted by Crippen LogP contribution is -2.40. The minimum Gasteiger partial charge on any atom is -0.301 e. The molecule has 0 amide bonds. The molecular weight excluding hydrogens is 216 g/mol. The number of nitrogens with zero attached hydrogens (tertiary/aromatic N) is 4. The Bertz CT molecular complexity index is 368. The summed E-state index contributed by atoms with van der Waals surface area (Å²) in [4.78, 5) is 13.1. The van der Waals surface area contributed by atoms with Gasteiger partial charge in [-0.2, -0.15) is 0 Å². The van der Waals surface area contributed by atoms with Crippen LogP contribution in [0.5, 0.6) is 0 Å².